The van der Waals surface area contributed by atoms with Crippen LogP contribution in [0.5, 0.6) is 11.5 Å². The van der Waals surface area contributed by atoms with Crippen LogP contribution in [0.2, 0.25) is 5.02 Å². The summed E-state index contributed by atoms with van der Waals surface area (Å²) in [5.74, 6) is 1.56. The third kappa shape index (κ3) is 4.10. The van der Waals surface area contributed by atoms with Gasteiger partial charge in [-0.2, -0.15) is 20.0 Å². The highest BCUT2D eigenvalue weighted by molar-refractivity contribution is 6.32. The summed E-state index contributed by atoms with van der Waals surface area (Å²) in [4.78, 5) is 21.6. The van der Waals surface area contributed by atoms with Crippen LogP contribution in [-0.2, 0) is 0 Å². The van der Waals surface area contributed by atoms with Crippen LogP contribution in [0, 0.1) is 6.92 Å². The van der Waals surface area contributed by atoms with E-state index in [1.165, 1.54) is 11.9 Å². The van der Waals surface area contributed by atoms with Crippen molar-refractivity contribution in [2.45, 2.75) is 25.8 Å². The molecule has 1 unspecified atom stereocenters. The van der Waals surface area contributed by atoms with E-state index in [9.17, 15) is 4.79 Å². The Hall–Kier alpha value is -3.92. The number of para-hydroxylation sites is 1. The third-order valence-electron chi connectivity index (χ3n) is 6.03. The van der Waals surface area contributed by atoms with Crippen molar-refractivity contribution in [3.8, 4) is 28.6 Å². The van der Waals surface area contributed by atoms with Crippen molar-refractivity contribution in [2.24, 2.45) is 0 Å². The predicted molar refractivity (Wildman–Crippen MR) is 127 cm³/mol. The number of aromatic nitrogens is 5. The number of rotatable bonds is 6. The molecule has 1 saturated heterocycles. The maximum Gasteiger partial charge on any atom is 0.261 e. The van der Waals surface area contributed by atoms with Crippen LogP contribution >= 0.6 is 11.6 Å². The summed E-state index contributed by atoms with van der Waals surface area (Å²) in [6.45, 7) is 2.46. The molecular weight excluding hydrogens is 472 g/mol. The molecule has 10 nitrogen and oxygen atoms in total. The highest BCUT2D eigenvalue weighted by Gasteiger charge is 2.36. The zero-order valence-electron chi connectivity index (χ0n) is 19.4. The molecule has 2 aromatic carbocycles. The van der Waals surface area contributed by atoms with Crippen LogP contribution in [0.1, 0.15) is 40.6 Å². The van der Waals surface area contributed by atoms with E-state index in [2.05, 4.69) is 20.3 Å². The Bertz CT molecular complexity index is 1370. The summed E-state index contributed by atoms with van der Waals surface area (Å²) < 4.78 is 16.4. The first kappa shape index (κ1) is 22.9. The number of benzene rings is 2. The molecule has 1 atom stereocenters. The van der Waals surface area contributed by atoms with Gasteiger partial charge in [-0.25, -0.2) is 0 Å². The molecule has 180 valence electrons. The van der Waals surface area contributed by atoms with Gasteiger partial charge in [-0.05, 0) is 49.6 Å². The van der Waals surface area contributed by atoms with Crippen molar-refractivity contribution in [1.29, 1.82) is 0 Å². The van der Waals surface area contributed by atoms with Crippen LogP contribution in [0.3, 0.4) is 0 Å². The van der Waals surface area contributed by atoms with E-state index in [0.29, 0.717) is 52.1 Å². The second-order valence-corrected chi connectivity index (χ2v) is 8.50. The van der Waals surface area contributed by atoms with Crippen LogP contribution in [0.4, 0.5) is 0 Å². The van der Waals surface area contributed by atoms with Crippen molar-refractivity contribution in [2.75, 3.05) is 20.8 Å². The Kier molecular flexibility index (Phi) is 6.12. The molecular formula is C24H23ClN6O4. The molecule has 11 heteroatoms. The van der Waals surface area contributed by atoms with Gasteiger partial charge in [0.05, 0.1) is 54.5 Å². The third-order valence-corrected chi connectivity index (χ3v) is 6.33. The molecule has 0 radical (unpaired) electrons. The van der Waals surface area contributed by atoms with E-state index in [-0.39, 0.29) is 17.8 Å². The molecule has 3 heterocycles. The summed E-state index contributed by atoms with van der Waals surface area (Å²) in [5, 5.41) is 13.1. The number of methoxy groups -OCH3 is 2. The van der Waals surface area contributed by atoms with E-state index >= 15 is 0 Å². The van der Waals surface area contributed by atoms with E-state index in [1.54, 1.807) is 48.7 Å². The van der Waals surface area contributed by atoms with Gasteiger partial charge in [-0.3, -0.25) is 4.79 Å². The predicted octanol–water partition coefficient (Wildman–Crippen LogP) is 4.27. The van der Waals surface area contributed by atoms with Gasteiger partial charge in [0.15, 0.2) is 5.82 Å². The number of carbonyl (C=O) groups excluding carboxylic acids is 1. The maximum absolute atomic E-state index is 13.8. The molecule has 1 amide bonds. The fraction of sp³-hybridized carbons (Fsp3) is 0.292. The summed E-state index contributed by atoms with van der Waals surface area (Å²) in [5.41, 5.74) is 2.45. The number of nitrogens with zero attached hydrogens (tertiary/aromatic N) is 6. The van der Waals surface area contributed by atoms with Gasteiger partial charge in [0.1, 0.15) is 11.5 Å². The van der Waals surface area contributed by atoms with Crippen LogP contribution in [0.15, 0.2) is 47.2 Å². The quantitative estimate of drug-likeness (QED) is 0.391. The minimum absolute atomic E-state index is 0.190. The largest absolute Gasteiger partial charge is 0.496 e. The number of hydrogen-bond donors (Lipinski definition) is 0. The Labute approximate surface area is 206 Å². The van der Waals surface area contributed by atoms with E-state index < -0.39 is 0 Å². The first-order chi connectivity index (χ1) is 17.0. The topological polar surface area (TPSA) is 108 Å². The number of halogens is 1. The van der Waals surface area contributed by atoms with Crippen LogP contribution < -0.4 is 9.47 Å². The molecule has 0 bridgehead atoms. The molecule has 0 saturated carbocycles. The van der Waals surface area contributed by atoms with Gasteiger partial charge in [0.2, 0.25) is 0 Å². The molecule has 1 aliphatic heterocycles. The number of amides is 1. The number of ether oxygens (including phenoxy) is 2. The van der Waals surface area contributed by atoms with Gasteiger partial charge in [0.25, 0.3) is 11.8 Å². The number of carbonyl (C=O) groups is 1. The first-order valence-corrected chi connectivity index (χ1v) is 11.4. The average Bonchev–Trinajstić information content (AvgIpc) is 3.64. The number of hydrogen-bond acceptors (Lipinski definition) is 8. The maximum atomic E-state index is 13.8. The lowest BCUT2D eigenvalue weighted by atomic mass is 10.1. The number of likely N-dealkylation sites (tertiary alicyclic amines) is 1. The lowest BCUT2D eigenvalue weighted by Gasteiger charge is -2.24. The van der Waals surface area contributed by atoms with Crippen LogP contribution in [-0.4, -0.2) is 56.7 Å². The lowest BCUT2D eigenvalue weighted by molar-refractivity contribution is 0.0727. The summed E-state index contributed by atoms with van der Waals surface area (Å²) >= 11 is 6.25. The molecule has 4 aromatic rings. The molecule has 2 aromatic heterocycles. The second kappa shape index (κ2) is 9.38. The smallest absolute Gasteiger partial charge is 0.261 e. The minimum Gasteiger partial charge on any atom is -0.496 e. The van der Waals surface area contributed by atoms with Gasteiger partial charge in [0, 0.05) is 6.54 Å². The monoisotopic (exact) mass is 494 g/mol. The molecule has 5 rings (SSSR count). The minimum atomic E-state index is -0.351. The molecule has 0 aliphatic carbocycles. The highest BCUT2D eigenvalue weighted by Crippen LogP contribution is 2.38. The van der Waals surface area contributed by atoms with Gasteiger partial charge in [-0.1, -0.05) is 22.8 Å². The lowest BCUT2D eigenvalue weighted by Crippen LogP contribution is -2.32. The Morgan fingerprint density at radius 1 is 1.17 bits per heavy atom. The van der Waals surface area contributed by atoms with Gasteiger partial charge in [-0.15, -0.1) is 0 Å². The van der Waals surface area contributed by atoms with E-state index in [1.807, 2.05) is 13.0 Å². The molecule has 0 N–H and O–H groups in total. The summed E-state index contributed by atoms with van der Waals surface area (Å²) in [6, 6.07) is 8.52. The van der Waals surface area contributed by atoms with E-state index in [0.717, 1.165) is 12.0 Å². The fourth-order valence-corrected chi connectivity index (χ4v) is 4.62. The van der Waals surface area contributed by atoms with Gasteiger partial charge < -0.3 is 18.9 Å². The molecule has 35 heavy (non-hydrogen) atoms. The standard InChI is InChI=1S/C24H23ClN6O4/c1-14-12-19(31-26-9-10-27-31)16(13-20(14)33-2)24(32)30-11-5-8-18(30)22-28-23(35-29-22)15-6-4-7-17(25)21(15)34-3/h4,6-7,9-10,12-13,18H,5,8,11H2,1-3H3. The average molecular weight is 495 g/mol. The molecule has 1 fully saturated rings. The van der Waals surface area contributed by atoms with Crippen molar-refractivity contribution < 1.29 is 18.8 Å². The van der Waals surface area contributed by atoms with Crippen molar-refractivity contribution in [3.05, 3.63) is 64.7 Å². The molecule has 1 aliphatic rings. The normalized spacial score (nSPS) is 15.4. The second-order valence-electron chi connectivity index (χ2n) is 8.09. The zero-order valence-corrected chi connectivity index (χ0v) is 20.2. The fourth-order valence-electron chi connectivity index (χ4n) is 4.37. The first-order valence-electron chi connectivity index (χ1n) is 11.0. The highest BCUT2D eigenvalue weighted by atomic mass is 35.5. The number of aryl methyl sites for hydroxylation is 1. The van der Waals surface area contributed by atoms with Crippen molar-refractivity contribution >= 4 is 17.5 Å². The zero-order chi connectivity index (χ0) is 24.5. The Morgan fingerprint density at radius 3 is 2.71 bits per heavy atom. The van der Waals surface area contributed by atoms with Gasteiger partial charge >= 0.3 is 0 Å². The van der Waals surface area contributed by atoms with Crippen LogP contribution in [0.25, 0.3) is 17.1 Å². The van der Waals surface area contributed by atoms with Crippen molar-refractivity contribution in [3.63, 3.8) is 0 Å². The van der Waals surface area contributed by atoms with Crippen molar-refractivity contribution in [1.82, 2.24) is 30.0 Å². The van der Waals surface area contributed by atoms with E-state index in [4.69, 9.17) is 25.6 Å². The Morgan fingerprint density at radius 2 is 1.97 bits per heavy atom. The summed E-state index contributed by atoms with van der Waals surface area (Å²) in [7, 11) is 3.10. The summed E-state index contributed by atoms with van der Waals surface area (Å²) in [6.07, 6.45) is 4.64. The Balaban J connectivity index is 1.50. The SMILES string of the molecule is COc1cc(C(=O)N2CCCC2c2noc(-c3cccc(Cl)c3OC)n2)c(-n2nccn2)cc1C. The molecule has 0 spiro atoms.